The van der Waals surface area contributed by atoms with E-state index in [1.807, 2.05) is 24.3 Å². The number of furan rings is 1. The van der Waals surface area contributed by atoms with Crippen molar-refractivity contribution in [2.75, 3.05) is 6.54 Å². The summed E-state index contributed by atoms with van der Waals surface area (Å²) in [4.78, 5) is 0. The van der Waals surface area contributed by atoms with E-state index in [1.165, 1.54) is 0 Å². The van der Waals surface area contributed by atoms with Crippen LogP contribution in [0.4, 0.5) is 0 Å². The van der Waals surface area contributed by atoms with E-state index in [0.29, 0.717) is 12.5 Å². The molecule has 0 aliphatic carbocycles. The normalized spacial score (nSPS) is 15.2. The van der Waals surface area contributed by atoms with Crippen LogP contribution in [0.2, 0.25) is 0 Å². The van der Waals surface area contributed by atoms with E-state index in [-0.39, 0.29) is 12.1 Å². The fraction of sp³-hybridized carbons (Fsp3) is 0.467. The molecule has 18 heavy (non-hydrogen) atoms. The molecule has 0 radical (unpaired) electrons. The van der Waals surface area contributed by atoms with Gasteiger partial charge in [0.2, 0.25) is 0 Å². The molecule has 0 amide bonds. The van der Waals surface area contributed by atoms with Gasteiger partial charge in [-0.05, 0) is 25.0 Å². The lowest BCUT2D eigenvalue weighted by Crippen LogP contribution is -2.31. The van der Waals surface area contributed by atoms with Gasteiger partial charge < -0.3 is 14.8 Å². The molecule has 1 aromatic heterocycles. The fourth-order valence-corrected chi connectivity index (χ4v) is 2.12. The number of aliphatic hydroxyl groups excluding tert-OH is 1. The van der Waals surface area contributed by atoms with Crippen LogP contribution in [0, 0.1) is 5.92 Å². The maximum atomic E-state index is 9.38. The van der Waals surface area contributed by atoms with Crippen molar-refractivity contribution in [2.45, 2.75) is 32.9 Å². The average Bonchev–Trinajstić information content (AvgIpc) is 2.71. The minimum absolute atomic E-state index is 0.131. The Morgan fingerprint density at radius 3 is 2.56 bits per heavy atom. The van der Waals surface area contributed by atoms with Gasteiger partial charge in [0.25, 0.3) is 0 Å². The molecule has 98 valence electrons. The Bertz CT molecular complexity index is 469. The summed E-state index contributed by atoms with van der Waals surface area (Å²) in [6.07, 6.45) is -0.351. The highest BCUT2D eigenvalue weighted by atomic mass is 16.3. The second kappa shape index (κ2) is 5.55. The maximum Gasteiger partial charge on any atom is 0.134 e. The zero-order chi connectivity index (χ0) is 13.1. The van der Waals surface area contributed by atoms with Crippen LogP contribution in [0.25, 0.3) is 11.0 Å². The zero-order valence-electron chi connectivity index (χ0n) is 11.2. The zero-order valence-corrected chi connectivity index (χ0v) is 11.2. The van der Waals surface area contributed by atoms with E-state index in [9.17, 15) is 5.11 Å². The molecular weight excluding hydrogens is 226 g/mol. The van der Waals surface area contributed by atoms with E-state index in [0.717, 1.165) is 16.7 Å². The molecule has 3 nitrogen and oxygen atoms in total. The van der Waals surface area contributed by atoms with Crippen molar-refractivity contribution < 1.29 is 9.52 Å². The number of benzene rings is 1. The third-order valence-corrected chi connectivity index (χ3v) is 3.05. The van der Waals surface area contributed by atoms with Gasteiger partial charge in [-0.1, -0.05) is 32.0 Å². The summed E-state index contributed by atoms with van der Waals surface area (Å²) in [7, 11) is 0. The summed E-state index contributed by atoms with van der Waals surface area (Å²) >= 11 is 0. The lowest BCUT2D eigenvalue weighted by molar-refractivity contribution is 0.178. The van der Waals surface area contributed by atoms with Gasteiger partial charge in [-0.2, -0.15) is 0 Å². The molecule has 2 rings (SSSR count). The van der Waals surface area contributed by atoms with Gasteiger partial charge in [0.1, 0.15) is 11.3 Å². The summed E-state index contributed by atoms with van der Waals surface area (Å²) in [5.74, 6) is 1.34. The molecule has 2 N–H and O–H groups in total. The van der Waals surface area contributed by atoms with Gasteiger partial charge in [0.05, 0.1) is 12.1 Å². The average molecular weight is 247 g/mol. The summed E-state index contributed by atoms with van der Waals surface area (Å²) in [5, 5.41) is 13.9. The predicted octanol–water partition coefficient (Wildman–Crippen LogP) is 3.10. The Labute approximate surface area is 108 Å². The molecule has 2 unspecified atom stereocenters. The van der Waals surface area contributed by atoms with E-state index in [2.05, 4.69) is 25.2 Å². The Morgan fingerprint density at radius 2 is 1.94 bits per heavy atom. The fourth-order valence-electron chi connectivity index (χ4n) is 2.12. The Morgan fingerprint density at radius 1 is 1.22 bits per heavy atom. The minimum atomic E-state index is -0.351. The first-order valence-electron chi connectivity index (χ1n) is 6.48. The van der Waals surface area contributed by atoms with Crippen molar-refractivity contribution in [3.63, 3.8) is 0 Å². The van der Waals surface area contributed by atoms with Gasteiger partial charge in [0, 0.05) is 11.9 Å². The second-order valence-corrected chi connectivity index (χ2v) is 5.17. The number of rotatable bonds is 5. The highest BCUT2D eigenvalue weighted by Gasteiger charge is 2.19. The van der Waals surface area contributed by atoms with Gasteiger partial charge in [0.15, 0.2) is 0 Å². The number of hydrogen-bond donors (Lipinski definition) is 2. The van der Waals surface area contributed by atoms with Gasteiger partial charge in [-0.25, -0.2) is 0 Å². The quantitative estimate of drug-likeness (QED) is 0.853. The van der Waals surface area contributed by atoms with E-state index in [1.54, 1.807) is 6.92 Å². The van der Waals surface area contributed by atoms with Crippen LogP contribution in [0.5, 0.6) is 0 Å². The molecule has 0 saturated carbocycles. The molecule has 1 heterocycles. The van der Waals surface area contributed by atoms with Crippen LogP contribution in [0.15, 0.2) is 34.7 Å². The monoisotopic (exact) mass is 247 g/mol. The van der Waals surface area contributed by atoms with Crippen LogP contribution < -0.4 is 5.32 Å². The number of hydrogen-bond acceptors (Lipinski definition) is 3. The summed E-state index contributed by atoms with van der Waals surface area (Å²) in [5.41, 5.74) is 0.914. The molecule has 0 aliphatic heterocycles. The minimum Gasteiger partial charge on any atom is -0.459 e. The lowest BCUT2D eigenvalue weighted by Gasteiger charge is -2.21. The smallest absolute Gasteiger partial charge is 0.134 e. The van der Waals surface area contributed by atoms with Crippen molar-refractivity contribution in [2.24, 2.45) is 5.92 Å². The Hall–Kier alpha value is -1.32. The van der Waals surface area contributed by atoms with Crippen LogP contribution in [0.3, 0.4) is 0 Å². The van der Waals surface area contributed by atoms with Crippen molar-refractivity contribution >= 4 is 11.0 Å². The Balaban J connectivity index is 2.24. The summed E-state index contributed by atoms with van der Waals surface area (Å²) in [6.45, 7) is 6.64. The SMILES string of the molecule is CC(O)CNC(c1cc2ccccc2o1)C(C)C. The molecule has 3 heteroatoms. The molecule has 1 aromatic carbocycles. The van der Waals surface area contributed by atoms with E-state index in [4.69, 9.17) is 4.42 Å². The van der Waals surface area contributed by atoms with Crippen molar-refractivity contribution in [3.8, 4) is 0 Å². The van der Waals surface area contributed by atoms with Gasteiger partial charge in [-0.3, -0.25) is 0 Å². The molecule has 0 saturated heterocycles. The van der Waals surface area contributed by atoms with Gasteiger partial charge in [-0.15, -0.1) is 0 Å². The first kappa shape index (κ1) is 13.1. The topological polar surface area (TPSA) is 45.4 Å². The molecule has 0 spiro atoms. The van der Waals surface area contributed by atoms with Crippen LogP contribution >= 0.6 is 0 Å². The molecule has 0 bridgehead atoms. The maximum absolute atomic E-state index is 9.38. The molecule has 0 aliphatic rings. The van der Waals surface area contributed by atoms with Crippen LogP contribution in [-0.4, -0.2) is 17.8 Å². The van der Waals surface area contributed by atoms with Crippen molar-refractivity contribution in [1.29, 1.82) is 0 Å². The van der Waals surface area contributed by atoms with Crippen molar-refractivity contribution in [1.82, 2.24) is 5.32 Å². The molecule has 0 fully saturated rings. The number of nitrogens with one attached hydrogen (secondary N) is 1. The molecular formula is C15H21NO2. The van der Waals surface area contributed by atoms with E-state index < -0.39 is 0 Å². The number of fused-ring (bicyclic) bond motifs is 1. The summed E-state index contributed by atoms with van der Waals surface area (Å²) in [6, 6.07) is 10.2. The lowest BCUT2D eigenvalue weighted by atomic mass is 10.0. The van der Waals surface area contributed by atoms with E-state index >= 15 is 0 Å². The number of para-hydroxylation sites is 1. The molecule has 2 aromatic rings. The number of aliphatic hydroxyl groups is 1. The van der Waals surface area contributed by atoms with Crippen LogP contribution in [-0.2, 0) is 0 Å². The largest absolute Gasteiger partial charge is 0.459 e. The highest BCUT2D eigenvalue weighted by Crippen LogP contribution is 2.28. The second-order valence-electron chi connectivity index (χ2n) is 5.17. The third kappa shape index (κ3) is 2.92. The predicted molar refractivity (Wildman–Crippen MR) is 73.5 cm³/mol. The first-order valence-corrected chi connectivity index (χ1v) is 6.48. The standard InChI is InChI=1S/C15H21NO2/c1-10(2)15(16-9-11(3)17)14-8-12-6-4-5-7-13(12)18-14/h4-8,10-11,15-17H,9H2,1-3H3. The first-order chi connectivity index (χ1) is 8.58. The highest BCUT2D eigenvalue weighted by molar-refractivity contribution is 5.77. The Kier molecular flexibility index (Phi) is 4.04. The van der Waals surface area contributed by atoms with Gasteiger partial charge >= 0.3 is 0 Å². The third-order valence-electron chi connectivity index (χ3n) is 3.05. The molecule has 2 atom stereocenters. The van der Waals surface area contributed by atoms with Crippen molar-refractivity contribution in [3.05, 3.63) is 36.1 Å². The van der Waals surface area contributed by atoms with Crippen LogP contribution in [0.1, 0.15) is 32.6 Å². The summed E-state index contributed by atoms with van der Waals surface area (Å²) < 4.78 is 5.88.